The largest absolute Gasteiger partial charge is 0.330 e. The van der Waals surface area contributed by atoms with Gasteiger partial charge in [0.2, 0.25) is 0 Å². The zero-order valence-corrected chi connectivity index (χ0v) is 9.97. The van der Waals surface area contributed by atoms with Crippen LogP contribution in [0, 0.1) is 17.8 Å². The molecule has 0 heterocycles. The molecule has 2 unspecified atom stereocenters. The fourth-order valence-electron chi connectivity index (χ4n) is 3.04. The van der Waals surface area contributed by atoms with Gasteiger partial charge < -0.3 is 5.73 Å². The predicted octanol–water partition coefficient (Wildman–Crippen LogP) is 3.58. The molecule has 0 aliphatic heterocycles. The van der Waals surface area contributed by atoms with Crippen molar-refractivity contribution in [2.45, 2.75) is 58.8 Å². The summed E-state index contributed by atoms with van der Waals surface area (Å²) in [6, 6.07) is 0. The van der Waals surface area contributed by atoms with Crippen molar-refractivity contribution in [2.75, 3.05) is 6.54 Å². The van der Waals surface area contributed by atoms with Gasteiger partial charge in [-0.3, -0.25) is 0 Å². The van der Waals surface area contributed by atoms with Crippen molar-refractivity contribution >= 4 is 0 Å². The van der Waals surface area contributed by atoms with Crippen LogP contribution in [0.5, 0.6) is 0 Å². The molecule has 84 valence electrons. The van der Waals surface area contributed by atoms with Gasteiger partial charge in [0, 0.05) is 0 Å². The lowest BCUT2D eigenvalue weighted by Crippen LogP contribution is -2.23. The maximum atomic E-state index is 5.90. The van der Waals surface area contributed by atoms with Crippen molar-refractivity contribution in [2.24, 2.45) is 23.5 Å². The molecule has 2 atom stereocenters. The molecule has 1 aliphatic carbocycles. The summed E-state index contributed by atoms with van der Waals surface area (Å²) >= 11 is 0. The van der Waals surface area contributed by atoms with Crippen LogP contribution >= 0.6 is 0 Å². The third-order valence-corrected chi connectivity index (χ3v) is 3.86. The summed E-state index contributed by atoms with van der Waals surface area (Å²) in [4.78, 5) is 0. The van der Waals surface area contributed by atoms with E-state index in [9.17, 15) is 0 Å². The Morgan fingerprint density at radius 1 is 1.29 bits per heavy atom. The molecule has 0 aromatic carbocycles. The summed E-state index contributed by atoms with van der Waals surface area (Å²) in [5.41, 5.74) is 5.90. The number of rotatable bonds is 6. The van der Waals surface area contributed by atoms with E-state index in [2.05, 4.69) is 13.8 Å². The Labute approximate surface area is 89.5 Å². The molecule has 0 bridgehead atoms. The molecule has 0 radical (unpaired) electrons. The van der Waals surface area contributed by atoms with Crippen molar-refractivity contribution < 1.29 is 0 Å². The van der Waals surface area contributed by atoms with E-state index in [1.54, 1.807) is 0 Å². The minimum absolute atomic E-state index is 0.819. The summed E-state index contributed by atoms with van der Waals surface area (Å²) in [6.45, 7) is 5.59. The smallest absolute Gasteiger partial charge is 0.00461 e. The first-order chi connectivity index (χ1) is 6.77. The minimum Gasteiger partial charge on any atom is -0.330 e. The van der Waals surface area contributed by atoms with Gasteiger partial charge in [0.1, 0.15) is 0 Å². The van der Waals surface area contributed by atoms with Crippen LogP contribution in [0.3, 0.4) is 0 Å². The molecule has 14 heavy (non-hydrogen) atoms. The number of nitrogens with two attached hydrogens (primary N) is 1. The second-order valence-corrected chi connectivity index (χ2v) is 5.17. The van der Waals surface area contributed by atoms with E-state index in [0.717, 1.165) is 24.3 Å². The average Bonchev–Trinajstić information content (AvgIpc) is 2.67. The van der Waals surface area contributed by atoms with Crippen LogP contribution in [0.15, 0.2) is 0 Å². The first-order valence-electron chi connectivity index (χ1n) is 6.48. The molecule has 2 N–H and O–H groups in total. The standard InChI is InChI=1S/C13H27N/c1-3-6-11(2)9-13(10-14)12-7-4-5-8-12/h11-13H,3-10,14H2,1-2H3. The van der Waals surface area contributed by atoms with Gasteiger partial charge in [-0.05, 0) is 30.7 Å². The van der Waals surface area contributed by atoms with Crippen molar-refractivity contribution in [3.05, 3.63) is 0 Å². The van der Waals surface area contributed by atoms with Gasteiger partial charge in [0.15, 0.2) is 0 Å². The zero-order chi connectivity index (χ0) is 10.4. The molecule has 1 fully saturated rings. The first kappa shape index (κ1) is 12.0. The highest BCUT2D eigenvalue weighted by Crippen LogP contribution is 2.34. The zero-order valence-electron chi connectivity index (χ0n) is 9.97. The van der Waals surface area contributed by atoms with E-state index in [-0.39, 0.29) is 0 Å². The second kappa shape index (κ2) is 6.44. The van der Waals surface area contributed by atoms with Gasteiger partial charge in [0.05, 0.1) is 0 Å². The first-order valence-corrected chi connectivity index (χ1v) is 6.48. The van der Waals surface area contributed by atoms with Gasteiger partial charge in [-0.2, -0.15) is 0 Å². The van der Waals surface area contributed by atoms with Crippen LogP contribution in [-0.4, -0.2) is 6.54 Å². The van der Waals surface area contributed by atoms with Gasteiger partial charge >= 0.3 is 0 Å². The van der Waals surface area contributed by atoms with Crippen molar-refractivity contribution in [3.8, 4) is 0 Å². The molecule has 1 heteroatoms. The quantitative estimate of drug-likeness (QED) is 0.692. The topological polar surface area (TPSA) is 26.0 Å². The SMILES string of the molecule is CCCC(C)CC(CN)C1CCCC1. The van der Waals surface area contributed by atoms with E-state index < -0.39 is 0 Å². The molecule has 0 aromatic rings. The van der Waals surface area contributed by atoms with Crippen LogP contribution in [0.2, 0.25) is 0 Å². The normalized spacial score (nSPS) is 22.5. The summed E-state index contributed by atoms with van der Waals surface area (Å²) in [7, 11) is 0. The monoisotopic (exact) mass is 197 g/mol. The lowest BCUT2D eigenvalue weighted by Gasteiger charge is -2.24. The molecule has 0 spiro atoms. The average molecular weight is 197 g/mol. The van der Waals surface area contributed by atoms with Crippen LogP contribution in [0.4, 0.5) is 0 Å². The lowest BCUT2D eigenvalue weighted by atomic mass is 9.83. The number of hydrogen-bond acceptors (Lipinski definition) is 1. The fraction of sp³-hybridized carbons (Fsp3) is 1.00. The summed E-state index contributed by atoms with van der Waals surface area (Å²) in [5, 5.41) is 0. The number of hydrogen-bond donors (Lipinski definition) is 1. The van der Waals surface area contributed by atoms with Crippen LogP contribution in [-0.2, 0) is 0 Å². The van der Waals surface area contributed by atoms with E-state index in [1.807, 2.05) is 0 Å². The Balaban J connectivity index is 2.29. The minimum atomic E-state index is 0.819. The van der Waals surface area contributed by atoms with Crippen LogP contribution in [0.25, 0.3) is 0 Å². The molecule has 0 amide bonds. The van der Waals surface area contributed by atoms with E-state index in [0.29, 0.717) is 0 Å². The predicted molar refractivity (Wildman–Crippen MR) is 63.2 cm³/mol. The molecule has 1 rings (SSSR count). The highest BCUT2D eigenvalue weighted by Gasteiger charge is 2.24. The van der Waals surface area contributed by atoms with E-state index >= 15 is 0 Å². The van der Waals surface area contributed by atoms with Gasteiger partial charge in [-0.15, -0.1) is 0 Å². The Hall–Kier alpha value is -0.0400. The maximum absolute atomic E-state index is 5.90. The molecular weight excluding hydrogens is 170 g/mol. The van der Waals surface area contributed by atoms with Crippen molar-refractivity contribution in [1.29, 1.82) is 0 Å². The lowest BCUT2D eigenvalue weighted by molar-refractivity contribution is 0.276. The van der Waals surface area contributed by atoms with E-state index in [1.165, 1.54) is 44.9 Å². The van der Waals surface area contributed by atoms with Crippen LogP contribution in [0.1, 0.15) is 58.8 Å². The summed E-state index contributed by atoms with van der Waals surface area (Å²) in [6.07, 6.45) is 9.86. The van der Waals surface area contributed by atoms with Gasteiger partial charge in [0.25, 0.3) is 0 Å². The molecule has 0 aromatic heterocycles. The fourth-order valence-corrected chi connectivity index (χ4v) is 3.04. The Morgan fingerprint density at radius 3 is 2.43 bits per heavy atom. The summed E-state index contributed by atoms with van der Waals surface area (Å²) in [5.74, 6) is 2.66. The highest BCUT2D eigenvalue weighted by molar-refractivity contribution is 4.77. The third-order valence-electron chi connectivity index (χ3n) is 3.86. The van der Waals surface area contributed by atoms with E-state index in [4.69, 9.17) is 5.73 Å². The maximum Gasteiger partial charge on any atom is -0.00461 e. The summed E-state index contributed by atoms with van der Waals surface area (Å²) < 4.78 is 0. The van der Waals surface area contributed by atoms with Crippen molar-refractivity contribution in [3.63, 3.8) is 0 Å². The Bertz CT molecular complexity index is 138. The van der Waals surface area contributed by atoms with Gasteiger partial charge in [-0.1, -0.05) is 52.4 Å². The molecule has 1 nitrogen and oxygen atoms in total. The van der Waals surface area contributed by atoms with Crippen molar-refractivity contribution in [1.82, 2.24) is 0 Å². The van der Waals surface area contributed by atoms with Gasteiger partial charge in [-0.25, -0.2) is 0 Å². The highest BCUT2D eigenvalue weighted by atomic mass is 14.6. The molecule has 1 saturated carbocycles. The van der Waals surface area contributed by atoms with Crippen LogP contribution < -0.4 is 5.73 Å². The molecule has 1 aliphatic rings. The molecule has 0 saturated heterocycles. The Kier molecular flexibility index (Phi) is 5.54. The second-order valence-electron chi connectivity index (χ2n) is 5.17. The third kappa shape index (κ3) is 3.61. The molecular formula is C13H27N. The Morgan fingerprint density at radius 2 is 1.93 bits per heavy atom.